The molecule has 0 bridgehead atoms. The molecule has 0 saturated heterocycles. The molecule has 1 heterocycles. The minimum absolute atomic E-state index is 0.172. The minimum Gasteiger partial charge on any atom is -0.479 e. The average Bonchev–Trinajstić information content (AvgIpc) is 2.52. The fourth-order valence-corrected chi connectivity index (χ4v) is 2.51. The number of methoxy groups -OCH3 is 1. The van der Waals surface area contributed by atoms with Crippen molar-refractivity contribution in [2.24, 2.45) is 0 Å². The molecule has 1 aromatic heterocycles. The molecule has 0 atom stereocenters. The summed E-state index contributed by atoms with van der Waals surface area (Å²) < 4.78 is 5.23. The Kier molecular flexibility index (Phi) is 3.93. The SMILES string of the molecule is COc1nc2ccccc2nc1C(=O)Nc1cc(C)cc(C)c1. The topological polar surface area (TPSA) is 64.1 Å². The number of anilines is 1. The van der Waals surface area contributed by atoms with Crippen molar-refractivity contribution in [1.82, 2.24) is 9.97 Å². The number of aryl methyl sites for hydroxylation is 2. The fraction of sp³-hybridized carbons (Fsp3) is 0.167. The third-order valence-electron chi connectivity index (χ3n) is 3.43. The van der Waals surface area contributed by atoms with Crippen LogP contribution in [0.3, 0.4) is 0 Å². The summed E-state index contributed by atoms with van der Waals surface area (Å²) in [6.45, 7) is 3.97. The van der Waals surface area contributed by atoms with Gasteiger partial charge < -0.3 is 10.1 Å². The predicted octanol–water partition coefficient (Wildman–Crippen LogP) is 3.51. The lowest BCUT2D eigenvalue weighted by Gasteiger charge is -2.10. The maximum Gasteiger partial charge on any atom is 0.279 e. The molecule has 1 N–H and O–H groups in total. The quantitative estimate of drug-likeness (QED) is 0.804. The van der Waals surface area contributed by atoms with Crippen LogP contribution >= 0.6 is 0 Å². The molecule has 0 aliphatic rings. The van der Waals surface area contributed by atoms with E-state index in [4.69, 9.17) is 4.74 Å². The van der Waals surface area contributed by atoms with E-state index in [1.807, 2.05) is 56.3 Å². The standard InChI is InChI=1S/C18H17N3O2/c1-11-8-12(2)10-13(9-11)19-17(22)16-18(23-3)21-15-7-5-4-6-14(15)20-16/h4-10H,1-3H3,(H,19,22). The van der Waals surface area contributed by atoms with E-state index in [0.717, 1.165) is 16.8 Å². The molecule has 0 aliphatic heterocycles. The van der Waals surface area contributed by atoms with Crippen molar-refractivity contribution < 1.29 is 9.53 Å². The maximum absolute atomic E-state index is 12.6. The number of carbonyl (C=O) groups excluding carboxylic acids is 1. The largest absolute Gasteiger partial charge is 0.479 e. The maximum atomic E-state index is 12.6. The molecular formula is C18H17N3O2. The van der Waals surface area contributed by atoms with Crippen LogP contribution in [0.2, 0.25) is 0 Å². The minimum atomic E-state index is -0.342. The first-order chi connectivity index (χ1) is 11.1. The van der Waals surface area contributed by atoms with Crippen molar-refractivity contribution in [3.8, 4) is 5.88 Å². The zero-order valence-electron chi connectivity index (χ0n) is 13.3. The Morgan fingerprint density at radius 3 is 2.22 bits per heavy atom. The monoisotopic (exact) mass is 307 g/mol. The van der Waals surface area contributed by atoms with Gasteiger partial charge in [0.05, 0.1) is 18.1 Å². The summed E-state index contributed by atoms with van der Waals surface area (Å²) in [5.74, 6) is -0.129. The number of carbonyl (C=O) groups is 1. The Balaban J connectivity index is 1.99. The molecular weight excluding hydrogens is 290 g/mol. The lowest BCUT2D eigenvalue weighted by Crippen LogP contribution is -2.16. The van der Waals surface area contributed by atoms with Gasteiger partial charge in [-0.05, 0) is 49.2 Å². The number of hydrogen-bond acceptors (Lipinski definition) is 4. The number of hydrogen-bond donors (Lipinski definition) is 1. The van der Waals surface area contributed by atoms with Gasteiger partial charge in [-0.25, -0.2) is 9.97 Å². The molecule has 5 nitrogen and oxygen atoms in total. The molecule has 3 rings (SSSR count). The number of aromatic nitrogens is 2. The van der Waals surface area contributed by atoms with Crippen molar-refractivity contribution in [2.75, 3.05) is 12.4 Å². The van der Waals surface area contributed by atoms with Crippen molar-refractivity contribution in [2.45, 2.75) is 13.8 Å². The molecule has 116 valence electrons. The molecule has 0 radical (unpaired) electrons. The van der Waals surface area contributed by atoms with Gasteiger partial charge in [0.15, 0.2) is 5.69 Å². The van der Waals surface area contributed by atoms with Crippen molar-refractivity contribution in [1.29, 1.82) is 0 Å². The molecule has 0 spiro atoms. The summed E-state index contributed by atoms with van der Waals surface area (Å²) in [4.78, 5) is 21.3. The van der Waals surface area contributed by atoms with Gasteiger partial charge in [0.25, 0.3) is 5.91 Å². The second kappa shape index (κ2) is 6.04. The molecule has 0 fully saturated rings. The summed E-state index contributed by atoms with van der Waals surface area (Å²) in [6.07, 6.45) is 0. The van der Waals surface area contributed by atoms with Gasteiger partial charge >= 0.3 is 0 Å². The Hall–Kier alpha value is -2.95. The predicted molar refractivity (Wildman–Crippen MR) is 90.0 cm³/mol. The fourth-order valence-electron chi connectivity index (χ4n) is 2.51. The first-order valence-electron chi connectivity index (χ1n) is 7.27. The summed E-state index contributed by atoms with van der Waals surface area (Å²) in [5, 5.41) is 2.86. The van der Waals surface area contributed by atoms with Gasteiger partial charge in [-0.1, -0.05) is 18.2 Å². The molecule has 3 aromatic rings. The van der Waals surface area contributed by atoms with Crippen LogP contribution in [0.15, 0.2) is 42.5 Å². The Morgan fingerprint density at radius 2 is 1.61 bits per heavy atom. The number of rotatable bonds is 3. The van der Waals surface area contributed by atoms with Crippen LogP contribution in [-0.2, 0) is 0 Å². The Labute approximate surface area is 134 Å². The molecule has 0 unspecified atom stereocenters. The smallest absolute Gasteiger partial charge is 0.279 e. The number of amides is 1. The van der Waals surface area contributed by atoms with Crippen molar-refractivity contribution >= 4 is 22.6 Å². The second-order valence-electron chi connectivity index (χ2n) is 5.40. The van der Waals surface area contributed by atoms with Crippen LogP contribution in [0.4, 0.5) is 5.69 Å². The highest BCUT2D eigenvalue weighted by atomic mass is 16.5. The van der Waals surface area contributed by atoms with E-state index in [1.165, 1.54) is 7.11 Å². The lowest BCUT2D eigenvalue weighted by molar-refractivity contribution is 0.101. The molecule has 0 aliphatic carbocycles. The molecule has 2 aromatic carbocycles. The highest BCUT2D eigenvalue weighted by Crippen LogP contribution is 2.21. The second-order valence-corrected chi connectivity index (χ2v) is 5.40. The Morgan fingerprint density at radius 1 is 1.00 bits per heavy atom. The van der Waals surface area contributed by atoms with Crippen molar-refractivity contribution in [3.63, 3.8) is 0 Å². The zero-order chi connectivity index (χ0) is 16.4. The lowest BCUT2D eigenvalue weighted by atomic mass is 10.1. The van der Waals surface area contributed by atoms with E-state index in [1.54, 1.807) is 0 Å². The molecule has 0 saturated carbocycles. The van der Waals surface area contributed by atoms with Crippen LogP contribution in [0.25, 0.3) is 11.0 Å². The molecule has 5 heteroatoms. The van der Waals surface area contributed by atoms with Gasteiger partial charge in [0, 0.05) is 5.69 Å². The first-order valence-corrected chi connectivity index (χ1v) is 7.27. The summed E-state index contributed by atoms with van der Waals surface area (Å²) in [5.41, 5.74) is 4.40. The van der Waals surface area contributed by atoms with E-state index < -0.39 is 0 Å². The molecule has 1 amide bonds. The number of fused-ring (bicyclic) bond motifs is 1. The van der Waals surface area contributed by atoms with E-state index in [-0.39, 0.29) is 17.5 Å². The van der Waals surface area contributed by atoms with E-state index in [2.05, 4.69) is 15.3 Å². The van der Waals surface area contributed by atoms with Crippen LogP contribution in [0, 0.1) is 13.8 Å². The van der Waals surface area contributed by atoms with Crippen molar-refractivity contribution in [3.05, 3.63) is 59.3 Å². The zero-order valence-corrected chi connectivity index (χ0v) is 13.3. The number of ether oxygens (including phenoxy) is 1. The van der Waals surface area contributed by atoms with E-state index >= 15 is 0 Å². The third-order valence-corrected chi connectivity index (χ3v) is 3.43. The van der Waals surface area contributed by atoms with Gasteiger partial charge in [0.2, 0.25) is 5.88 Å². The third kappa shape index (κ3) is 3.13. The highest BCUT2D eigenvalue weighted by Gasteiger charge is 2.17. The van der Waals surface area contributed by atoms with Crippen LogP contribution < -0.4 is 10.1 Å². The number of nitrogens with zero attached hydrogens (tertiary/aromatic N) is 2. The normalized spacial score (nSPS) is 10.6. The molecule has 23 heavy (non-hydrogen) atoms. The number of nitrogens with one attached hydrogen (secondary N) is 1. The number of para-hydroxylation sites is 2. The summed E-state index contributed by atoms with van der Waals surface area (Å²) in [7, 11) is 1.48. The Bertz CT molecular complexity index is 870. The summed E-state index contributed by atoms with van der Waals surface area (Å²) in [6, 6.07) is 13.2. The van der Waals surface area contributed by atoms with Gasteiger partial charge in [-0.15, -0.1) is 0 Å². The average molecular weight is 307 g/mol. The van der Waals surface area contributed by atoms with E-state index in [9.17, 15) is 4.79 Å². The number of benzene rings is 2. The van der Waals surface area contributed by atoms with Crippen LogP contribution in [0.5, 0.6) is 5.88 Å². The van der Waals surface area contributed by atoms with Crippen LogP contribution in [-0.4, -0.2) is 23.0 Å². The highest BCUT2D eigenvalue weighted by molar-refractivity contribution is 6.05. The first kappa shape index (κ1) is 15.0. The van der Waals surface area contributed by atoms with Gasteiger partial charge in [-0.2, -0.15) is 0 Å². The van der Waals surface area contributed by atoms with E-state index in [0.29, 0.717) is 11.0 Å². The van der Waals surface area contributed by atoms with Crippen LogP contribution in [0.1, 0.15) is 21.6 Å². The summed E-state index contributed by atoms with van der Waals surface area (Å²) >= 11 is 0. The van der Waals surface area contributed by atoms with Gasteiger partial charge in [0.1, 0.15) is 0 Å². The van der Waals surface area contributed by atoms with Gasteiger partial charge in [-0.3, -0.25) is 4.79 Å².